The zero-order valence-electron chi connectivity index (χ0n) is 18.8. The number of hydrogen-bond acceptors (Lipinski definition) is 4. The molecule has 3 aromatic carbocycles. The van der Waals surface area contributed by atoms with Crippen LogP contribution in [0.3, 0.4) is 0 Å². The predicted octanol–water partition coefficient (Wildman–Crippen LogP) is 4.73. The van der Waals surface area contributed by atoms with Gasteiger partial charge in [0.05, 0.1) is 25.0 Å². The summed E-state index contributed by atoms with van der Waals surface area (Å²) in [6, 6.07) is 19.5. The van der Waals surface area contributed by atoms with Crippen LogP contribution in [0.4, 0.5) is 5.69 Å². The van der Waals surface area contributed by atoms with Crippen LogP contribution in [0.2, 0.25) is 5.02 Å². The van der Waals surface area contributed by atoms with E-state index in [9.17, 15) is 13.2 Å². The molecule has 0 aliphatic heterocycles. The van der Waals surface area contributed by atoms with Gasteiger partial charge in [-0.05, 0) is 73.0 Å². The summed E-state index contributed by atoms with van der Waals surface area (Å²) >= 11 is 6.20. The Labute approximate surface area is 200 Å². The van der Waals surface area contributed by atoms with Gasteiger partial charge in [-0.25, -0.2) is 8.42 Å². The first-order valence-corrected chi connectivity index (χ1v) is 12.7. The van der Waals surface area contributed by atoms with E-state index in [1.165, 1.54) is 4.31 Å². The van der Waals surface area contributed by atoms with Crippen LogP contribution in [0.25, 0.3) is 0 Å². The second-order valence-electron chi connectivity index (χ2n) is 7.84. The van der Waals surface area contributed by atoms with Crippen molar-refractivity contribution in [1.29, 1.82) is 0 Å². The van der Waals surface area contributed by atoms with Crippen molar-refractivity contribution < 1.29 is 17.9 Å². The molecular formula is C25H27ClN2O4S. The summed E-state index contributed by atoms with van der Waals surface area (Å²) in [6.07, 6.45) is 1.14. The number of ether oxygens (including phenoxy) is 1. The van der Waals surface area contributed by atoms with Gasteiger partial charge in [-0.1, -0.05) is 35.9 Å². The number of hydrogen-bond donors (Lipinski definition) is 1. The van der Waals surface area contributed by atoms with Crippen LogP contribution in [0.15, 0.2) is 66.7 Å². The molecule has 33 heavy (non-hydrogen) atoms. The number of nitrogens with one attached hydrogen (secondary N) is 1. The fraction of sp³-hybridized carbons (Fsp3) is 0.240. The number of anilines is 1. The Kier molecular flexibility index (Phi) is 8.00. The second-order valence-corrected chi connectivity index (χ2v) is 10.1. The van der Waals surface area contributed by atoms with Crippen LogP contribution in [0.1, 0.15) is 27.0 Å². The number of carbonyl (C=O) groups is 1. The molecular weight excluding hydrogens is 460 g/mol. The molecule has 0 saturated carbocycles. The van der Waals surface area contributed by atoms with E-state index in [-0.39, 0.29) is 12.5 Å². The van der Waals surface area contributed by atoms with E-state index in [4.69, 9.17) is 16.3 Å². The fourth-order valence-corrected chi connectivity index (χ4v) is 4.49. The number of nitrogens with zero attached hydrogens (tertiary/aromatic N) is 1. The molecule has 1 amide bonds. The summed E-state index contributed by atoms with van der Waals surface area (Å²) in [4.78, 5) is 12.5. The summed E-state index contributed by atoms with van der Waals surface area (Å²) in [5.74, 6) is 0.507. The molecule has 174 valence electrons. The van der Waals surface area contributed by atoms with E-state index < -0.39 is 10.0 Å². The summed E-state index contributed by atoms with van der Waals surface area (Å²) < 4.78 is 31.7. The maximum Gasteiger partial charge on any atom is 0.251 e. The molecule has 1 N–H and O–H groups in total. The fourth-order valence-electron chi connectivity index (χ4n) is 3.41. The van der Waals surface area contributed by atoms with Gasteiger partial charge in [0, 0.05) is 10.6 Å². The number of aryl methyl sites for hydroxylation is 2. The second kappa shape index (κ2) is 10.7. The van der Waals surface area contributed by atoms with E-state index in [1.807, 2.05) is 26.0 Å². The van der Waals surface area contributed by atoms with Gasteiger partial charge < -0.3 is 10.1 Å². The quantitative estimate of drug-likeness (QED) is 0.443. The summed E-state index contributed by atoms with van der Waals surface area (Å²) in [7, 11) is -3.56. The van der Waals surface area contributed by atoms with Crippen molar-refractivity contribution in [1.82, 2.24) is 5.32 Å². The van der Waals surface area contributed by atoms with Crippen molar-refractivity contribution in [2.24, 2.45) is 0 Å². The van der Waals surface area contributed by atoms with Crippen molar-refractivity contribution >= 4 is 33.2 Å². The lowest BCUT2D eigenvalue weighted by Crippen LogP contribution is -2.30. The van der Waals surface area contributed by atoms with Gasteiger partial charge in [-0.15, -0.1) is 0 Å². The summed E-state index contributed by atoms with van der Waals surface area (Å²) in [6.45, 7) is 4.79. The van der Waals surface area contributed by atoms with E-state index in [2.05, 4.69) is 11.4 Å². The molecule has 0 aliphatic rings. The Bertz CT molecular complexity index is 1210. The molecule has 0 aliphatic carbocycles. The molecule has 0 radical (unpaired) electrons. The highest BCUT2D eigenvalue weighted by atomic mass is 35.5. The van der Waals surface area contributed by atoms with Gasteiger partial charge >= 0.3 is 0 Å². The van der Waals surface area contributed by atoms with Crippen LogP contribution in [-0.2, 0) is 16.6 Å². The number of sulfonamides is 1. The minimum atomic E-state index is -3.56. The predicted molar refractivity (Wildman–Crippen MR) is 133 cm³/mol. The molecule has 0 atom stereocenters. The molecule has 3 aromatic rings. The van der Waals surface area contributed by atoms with Gasteiger partial charge in [0.2, 0.25) is 10.0 Å². The van der Waals surface area contributed by atoms with Crippen LogP contribution in [-0.4, -0.2) is 33.7 Å². The lowest BCUT2D eigenvalue weighted by molar-refractivity contribution is 0.0947. The monoisotopic (exact) mass is 486 g/mol. The minimum Gasteiger partial charge on any atom is -0.492 e. The third-order valence-electron chi connectivity index (χ3n) is 4.94. The maximum atomic E-state index is 12.5. The van der Waals surface area contributed by atoms with Crippen molar-refractivity contribution in [3.8, 4) is 5.75 Å². The zero-order chi connectivity index (χ0) is 24.0. The molecule has 8 heteroatoms. The van der Waals surface area contributed by atoms with Crippen LogP contribution < -0.4 is 14.4 Å². The van der Waals surface area contributed by atoms with Gasteiger partial charge in [0.25, 0.3) is 5.91 Å². The van der Waals surface area contributed by atoms with Crippen molar-refractivity contribution in [3.63, 3.8) is 0 Å². The molecule has 0 spiro atoms. The molecule has 0 bridgehead atoms. The number of amides is 1. The highest BCUT2D eigenvalue weighted by molar-refractivity contribution is 7.92. The first-order valence-electron chi connectivity index (χ1n) is 10.4. The third-order valence-corrected chi connectivity index (χ3v) is 6.45. The highest BCUT2D eigenvalue weighted by Crippen LogP contribution is 2.24. The van der Waals surface area contributed by atoms with Crippen molar-refractivity contribution in [2.45, 2.75) is 20.4 Å². The number of rotatable bonds is 9. The molecule has 0 heterocycles. The average molecular weight is 487 g/mol. The van der Waals surface area contributed by atoms with Crippen molar-refractivity contribution in [2.75, 3.05) is 23.7 Å². The lowest BCUT2D eigenvalue weighted by Gasteiger charge is -2.23. The Morgan fingerprint density at radius 3 is 2.24 bits per heavy atom. The third kappa shape index (κ3) is 6.97. The lowest BCUT2D eigenvalue weighted by atomic mass is 10.1. The summed E-state index contributed by atoms with van der Waals surface area (Å²) in [5.41, 5.74) is 3.80. The molecule has 6 nitrogen and oxygen atoms in total. The zero-order valence-corrected chi connectivity index (χ0v) is 20.4. The average Bonchev–Trinajstić information content (AvgIpc) is 2.75. The van der Waals surface area contributed by atoms with Gasteiger partial charge in [-0.2, -0.15) is 0 Å². The largest absolute Gasteiger partial charge is 0.492 e. The molecule has 0 saturated heterocycles. The molecule has 0 aromatic heterocycles. The topological polar surface area (TPSA) is 75.7 Å². The molecule has 0 unspecified atom stereocenters. The summed E-state index contributed by atoms with van der Waals surface area (Å²) in [5, 5.41) is 3.30. The SMILES string of the molecule is Cc1cc(C)cc(OCCNC(=O)c2ccc(N(Cc3ccccc3Cl)S(C)(=O)=O)cc2)c1. The Hall–Kier alpha value is -3.03. The van der Waals surface area contributed by atoms with Gasteiger partial charge in [0.1, 0.15) is 12.4 Å². The van der Waals surface area contributed by atoms with E-state index in [0.29, 0.717) is 35.0 Å². The Morgan fingerprint density at radius 2 is 1.64 bits per heavy atom. The van der Waals surface area contributed by atoms with Crippen LogP contribution in [0, 0.1) is 13.8 Å². The van der Waals surface area contributed by atoms with E-state index in [1.54, 1.807) is 48.5 Å². The number of halogens is 1. The van der Waals surface area contributed by atoms with Gasteiger partial charge in [0.15, 0.2) is 0 Å². The van der Waals surface area contributed by atoms with Crippen LogP contribution in [0.5, 0.6) is 5.75 Å². The van der Waals surface area contributed by atoms with E-state index in [0.717, 1.165) is 23.1 Å². The van der Waals surface area contributed by atoms with Gasteiger partial charge in [-0.3, -0.25) is 9.10 Å². The highest BCUT2D eigenvalue weighted by Gasteiger charge is 2.19. The van der Waals surface area contributed by atoms with E-state index >= 15 is 0 Å². The minimum absolute atomic E-state index is 0.0970. The van der Waals surface area contributed by atoms with Crippen molar-refractivity contribution in [3.05, 3.63) is 94.0 Å². The molecule has 0 fully saturated rings. The standard InChI is InChI=1S/C25H27ClN2O4S/c1-18-14-19(2)16-23(15-18)32-13-12-27-25(29)20-8-10-22(11-9-20)28(33(3,30)31)17-21-6-4-5-7-24(21)26/h4-11,14-16H,12-13,17H2,1-3H3,(H,27,29). The Morgan fingerprint density at radius 1 is 1.00 bits per heavy atom. The molecule has 3 rings (SSSR count). The first kappa shape index (κ1) is 24.6. The Balaban J connectivity index is 1.61. The number of benzene rings is 3. The normalized spacial score (nSPS) is 11.2. The maximum absolute atomic E-state index is 12.5. The number of carbonyl (C=O) groups excluding carboxylic acids is 1. The smallest absolute Gasteiger partial charge is 0.251 e. The first-order chi connectivity index (χ1) is 15.6. The van der Waals surface area contributed by atoms with Crippen LogP contribution >= 0.6 is 11.6 Å².